The third-order valence-corrected chi connectivity index (χ3v) is 2.64. The van der Waals surface area contributed by atoms with Crippen molar-refractivity contribution in [3.8, 4) is 0 Å². The Hall–Kier alpha value is -2.04. The minimum absolute atomic E-state index is 0.0809. The highest BCUT2D eigenvalue weighted by molar-refractivity contribution is 5.34. The van der Waals surface area contributed by atoms with Crippen LogP contribution in [0.15, 0.2) is 24.3 Å². The molecule has 0 amide bonds. The Labute approximate surface area is 113 Å². The molecular formula is C14H21N5. The Bertz CT molecular complexity index is 548. The fourth-order valence-electron chi connectivity index (χ4n) is 1.73. The van der Waals surface area contributed by atoms with Gasteiger partial charge in [-0.05, 0) is 33.3 Å². The number of rotatable bonds is 3. The Kier molecular flexibility index (Phi) is 3.46. The normalized spacial score (nSPS) is 11.6. The first-order valence-corrected chi connectivity index (χ1v) is 6.37. The van der Waals surface area contributed by atoms with Crippen molar-refractivity contribution in [2.24, 2.45) is 0 Å². The number of anilines is 2. The second kappa shape index (κ2) is 4.91. The van der Waals surface area contributed by atoms with Crippen molar-refractivity contribution in [1.29, 1.82) is 0 Å². The van der Waals surface area contributed by atoms with Gasteiger partial charge in [-0.2, -0.15) is 4.98 Å². The van der Waals surface area contributed by atoms with Crippen molar-refractivity contribution in [2.75, 3.05) is 11.1 Å². The SMILES string of the molecule is Cc1ccc(Cn2nc(NC(C)(C)C)nc2N)cc1. The molecule has 0 aliphatic carbocycles. The van der Waals surface area contributed by atoms with Crippen LogP contribution in [-0.2, 0) is 6.54 Å². The van der Waals surface area contributed by atoms with Gasteiger partial charge in [-0.1, -0.05) is 29.8 Å². The van der Waals surface area contributed by atoms with Gasteiger partial charge in [0, 0.05) is 5.54 Å². The van der Waals surface area contributed by atoms with E-state index in [0.29, 0.717) is 18.4 Å². The topological polar surface area (TPSA) is 68.8 Å². The van der Waals surface area contributed by atoms with Gasteiger partial charge in [0.2, 0.25) is 11.9 Å². The zero-order chi connectivity index (χ0) is 14.0. The number of nitrogens with zero attached hydrogens (tertiary/aromatic N) is 3. The number of benzene rings is 1. The van der Waals surface area contributed by atoms with Crippen molar-refractivity contribution in [1.82, 2.24) is 14.8 Å². The molecule has 0 saturated carbocycles. The zero-order valence-electron chi connectivity index (χ0n) is 11.9. The molecular weight excluding hydrogens is 238 g/mol. The van der Waals surface area contributed by atoms with Gasteiger partial charge in [-0.15, -0.1) is 5.10 Å². The molecule has 0 aliphatic heterocycles. The molecule has 19 heavy (non-hydrogen) atoms. The van der Waals surface area contributed by atoms with Crippen LogP contribution in [0.5, 0.6) is 0 Å². The summed E-state index contributed by atoms with van der Waals surface area (Å²) in [7, 11) is 0. The smallest absolute Gasteiger partial charge is 0.244 e. The molecule has 1 heterocycles. The molecule has 0 saturated heterocycles. The highest BCUT2D eigenvalue weighted by Crippen LogP contribution is 2.13. The van der Waals surface area contributed by atoms with E-state index in [2.05, 4.69) is 67.4 Å². The molecule has 0 fully saturated rings. The molecule has 102 valence electrons. The molecule has 0 aliphatic rings. The van der Waals surface area contributed by atoms with Gasteiger partial charge in [0.25, 0.3) is 0 Å². The molecule has 0 radical (unpaired) electrons. The first kappa shape index (κ1) is 13.4. The van der Waals surface area contributed by atoms with Crippen molar-refractivity contribution in [2.45, 2.75) is 39.8 Å². The molecule has 1 aromatic heterocycles. The lowest BCUT2D eigenvalue weighted by atomic mass is 10.1. The largest absolute Gasteiger partial charge is 0.368 e. The van der Waals surface area contributed by atoms with Gasteiger partial charge >= 0.3 is 0 Å². The molecule has 0 bridgehead atoms. The lowest BCUT2D eigenvalue weighted by Crippen LogP contribution is -2.26. The van der Waals surface area contributed by atoms with Crippen LogP contribution in [-0.4, -0.2) is 20.3 Å². The van der Waals surface area contributed by atoms with Crippen molar-refractivity contribution < 1.29 is 0 Å². The van der Waals surface area contributed by atoms with Crippen LogP contribution in [0, 0.1) is 6.92 Å². The summed E-state index contributed by atoms with van der Waals surface area (Å²) in [6.45, 7) is 8.88. The molecule has 0 unspecified atom stereocenters. The predicted octanol–water partition coefficient (Wildman–Crippen LogP) is 2.43. The van der Waals surface area contributed by atoms with Crippen molar-refractivity contribution in [3.63, 3.8) is 0 Å². The maximum Gasteiger partial charge on any atom is 0.244 e. The van der Waals surface area contributed by atoms with Gasteiger partial charge in [-0.25, -0.2) is 4.68 Å². The van der Waals surface area contributed by atoms with Crippen LogP contribution in [0.4, 0.5) is 11.9 Å². The van der Waals surface area contributed by atoms with E-state index in [0.717, 1.165) is 5.56 Å². The summed E-state index contributed by atoms with van der Waals surface area (Å²) in [6.07, 6.45) is 0. The van der Waals surface area contributed by atoms with Crippen LogP contribution in [0.2, 0.25) is 0 Å². The van der Waals surface area contributed by atoms with Gasteiger partial charge < -0.3 is 11.1 Å². The lowest BCUT2D eigenvalue weighted by molar-refractivity contribution is 0.619. The Morgan fingerprint density at radius 2 is 1.84 bits per heavy atom. The maximum atomic E-state index is 5.89. The number of nitrogens with two attached hydrogens (primary N) is 1. The molecule has 5 heteroatoms. The number of aromatic nitrogens is 3. The van der Waals surface area contributed by atoms with Crippen LogP contribution >= 0.6 is 0 Å². The van der Waals surface area contributed by atoms with E-state index in [1.165, 1.54) is 5.56 Å². The van der Waals surface area contributed by atoms with E-state index in [4.69, 9.17) is 5.73 Å². The van der Waals surface area contributed by atoms with E-state index in [-0.39, 0.29) is 5.54 Å². The van der Waals surface area contributed by atoms with E-state index in [1.54, 1.807) is 4.68 Å². The molecule has 0 atom stereocenters. The molecule has 1 aromatic carbocycles. The fraction of sp³-hybridized carbons (Fsp3) is 0.429. The number of nitrogen functional groups attached to an aromatic ring is 1. The standard InChI is InChI=1S/C14H21N5/c1-10-5-7-11(8-6-10)9-19-12(15)16-13(18-19)17-14(2,3)4/h5-8H,9H2,1-4H3,(H3,15,16,17,18). The number of nitrogens with one attached hydrogen (secondary N) is 1. The summed E-state index contributed by atoms with van der Waals surface area (Å²) >= 11 is 0. The summed E-state index contributed by atoms with van der Waals surface area (Å²) in [5.74, 6) is 0.990. The van der Waals surface area contributed by atoms with Crippen LogP contribution in [0.1, 0.15) is 31.9 Å². The van der Waals surface area contributed by atoms with Gasteiger partial charge in [-0.3, -0.25) is 0 Å². The first-order chi connectivity index (χ1) is 8.83. The summed E-state index contributed by atoms with van der Waals surface area (Å²) in [5.41, 5.74) is 8.20. The Balaban J connectivity index is 2.15. The molecule has 2 rings (SSSR count). The second-order valence-corrected chi connectivity index (χ2v) is 5.81. The molecule has 3 N–H and O–H groups in total. The highest BCUT2D eigenvalue weighted by Gasteiger charge is 2.14. The van der Waals surface area contributed by atoms with Crippen LogP contribution < -0.4 is 11.1 Å². The van der Waals surface area contributed by atoms with E-state index in [1.807, 2.05) is 0 Å². The van der Waals surface area contributed by atoms with Gasteiger partial charge in [0.05, 0.1) is 6.54 Å². The third-order valence-electron chi connectivity index (χ3n) is 2.64. The van der Waals surface area contributed by atoms with E-state index >= 15 is 0 Å². The highest BCUT2D eigenvalue weighted by atomic mass is 15.4. The average Bonchev–Trinajstić information content (AvgIpc) is 2.60. The van der Waals surface area contributed by atoms with Crippen LogP contribution in [0.25, 0.3) is 0 Å². The van der Waals surface area contributed by atoms with E-state index < -0.39 is 0 Å². The second-order valence-electron chi connectivity index (χ2n) is 5.81. The Morgan fingerprint density at radius 1 is 1.21 bits per heavy atom. The van der Waals surface area contributed by atoms with Crippen molar-refractivity contribution in [3.05, 3.63) is 35.4 Å². The number of hydrogen-bond donors (Lipinski definition) is 2. The predicted molar refractivity (Wildman–Crippen MR) is 78.1 cm³/mol. The average molecular weight is 259 g/mol. The molecule has 2 aromatic rings. The fourth-order valence-corrected chi connectivity index (χ4v) is 1.73. The van der Waals surface area contributed by atoms with Gasteiger partial charge in [0.1, 0.15) is 0 Å². The molecule has 5 nitrogen and oxygen atoms in total. The summed E-state index contributed by atoms with van der Waals surface area (Å²) in [5, 5.41) is 7.60. The Morgan fingerprint density at radius 3 is 2.42 bits per heavy atom. The van der Waals surface area contributed by atoms with Gasteiger partial charge in [0.15, 0.2) is 0 Å². The summed E-state index contributed by atoms with van der Waals surface area (Å²) in [4.78, 5) is 4.23. The monoisotopic (exact) mass is 259 g/mol. The summed E-state index contributed by atoms with van der Waals surface area (Å²) in [6, 6.07) is 8.31. The molecule has 0 spiro atoms. The zero-order valence-corrected chi connectivity index (χ0v) is 11.9. The van der Waals surface area contributed by atoms with E-state index in [9.17, 15) is 0 Å². The van der Waals surface area contributed by atoms with Crippen LogP contribution in [0.3, 0.4) is 0 Å². The lowest BCUT2D eigenvalue weighted by Gasteiger charge is -2.18. The minimum atomic E-state index is -0.0809. The number of hydrogen-bond acceptors (Lipinski definition) is 4. The minimum Gasteiger partial charge on any atom is -0.368 e. The number of aryl methyl sites for hydroxylation is 1. The van der Waals surface area contributed by atoms with Crippen molar-refractivity contribution >= 4 is 11.9 Å². The summed E-state index contributed by atoms with van der Waals surface area (Å²) < 4.78 is 1.71. The first-order valence-electron chi connectivity index (χ1n) is 6.37. The third kappa shape index (κ3) is 3.71. The maximum absolute atomic E-state index is 5.89. The quantitative estimate of drug-likeness (QED) is 0.888.